The summed E-state index contributed by atoms with van der Waals surface area (Å²) >= 11 is 0. The average Bonchev–Trinajstić information content (AvgIpc) is 3.58. The third kappa shape index (κ3) is 4.34. The molecule has 5 rings (SSSR count). The molecule has 4 bridgehead atoms. The van der Waals surface area contributed by atoms with Crippen molar-refractivity contribution >= 4 is 17.8 Å². The fourth-order valence-electron chi connectivity index (χ4n) is 10.2. The zero-order chi connectivity index (χ0) is 27.6. The van der Waals surface area contributed by atoms with Crippen LogP contribution in [0.3, 0.4) is 0 Å². The first-order valence-corrected chi connectivity index (χ1v) is 15.3. The molecule has 11 atom stereocenters. The number of Topliss-reactive ketones (excluding diaryl/α,β-unsaturated/α-hetero) is 1. The number of hydrogen-bond acceptors (Lipinski definition) is 6. The topological polar surface area (TPSA) is 87.7 Å². The molecule has 2 amide bonds. The molecule has 5 aliphatic rings. The standard InChI is InChI=1S/C31H51N3O4/c1-18(2)14-29(6)17-32-27(38-28(37)33-26(36)23-16-34-13-10-22(23)15-34)30(7)20(4)9-12-31(21(5)25(29)35)11-8-19(3)24(30)31/h18-24,27,32H,8-17H2,1-7H3,(H,33,36,37)/t19-,20-,21+,22-,23+,24?,27+,29-,30-,31?/m1/s1. The maximum Gasteiger partial charge on any atom is 0.415 e. The number of nitrogens with zero attached hydrogens (tertiary/aromatic N) is 1. The van der Waals surface area contributed by atoms with E-state index in [2.05, 4.69) is 64.0 Å². The number of ketones is 1. The molecule has 7 heteroatoms. The summed E-state index contributed by atoms with van der Waals surface area (Å²) in [6.45, 7) is 18.8. The molecule has 0 aromatic carbocycles. The van der Waals surface area contributed by atoms with Crippen LogP contribution in [0.1, 0.15) is 87.0 Å². The Morgan fingerprint density at radius 3 is 2.45 bits per heavy atom. The second-order valence-electron chi connectivity index (χ2n) is 14.8. The Bertz CT molecular complexity index is 969. The van der Waals surface area contributed by atoms with Crippen molar-refractivity contribution in [2.24, 2.45) is 57.7 Å². The first kappa shape index (κ1) is 28.1. The van der Waals surface area contributed by atoms with E-state index >= 15 is 0 Å². The zero-order valence-corrected chi connectivity index (χ0v) is 24.8. The summed E-state index contributed by atoms with van der Waals surface area (Å²) in [5, 5.41) is 6.26. The maximum atomic E-state index is 14.3. The molecule has 3 aliphatic heterocycles. The Labute approximate surface area is 229 Å². The molecule has 3 heterocycles. The minimum Gasteiger partial charge on any atom is -0.430 e. The molecule has 0 radical (unpaired) electrons. The zero-order valence-electron chi connectivity index (χ0n) is 24.8. The number of carbonyl (C=O) groups is 3. The van der Waals surface area contributed by atoms with Gasteiger partial charge in [0.25, 0.3) is 0 Å². The van der Waals surface area contributed by atoms with Gasteiger partial charge in [0.2, 0.25) is 5.91 Å². The fourth-order valence-corrected chi connectivity index (χ4v) is 10.2. The van der Waals surface area contributed by atoms with Crippen LogP contribution < -0.4 is 10.6 Å². The van der Waals surface area contributed by atoms with Crippen LogP contribution in [0.2, 0.25) is 0 Å². The van der Waals surface area contributed by atoms with Crippen molar-refractivity contribution in [3.05, 3.63) is 0 Å². The molecular weight excluding hydrogens is 478 g/mol. The molecule has 2 saturated carbocycles. The van der Waals surface area contributed by atoms with Gasteiger partial charge in [-0.15, -0.1) is 0 Å². The van der Waals surface area contributed by atoms with Crippen LogP contribution in [-0.2, 0) is 14.3 Å². The average molecular weight is 530 g/mol. The van der Waals surface area contributed by atoms with Gasteiger partial charge >= 0.3 is 6.09 Å². The van der Waals surface area contributed by atoms with E-state index in [0.29, 0.717) is 36.0 Å². The van der Waals surface area contributed by atoms with Gasteiger partial charge in [-0.3, -0.25) is 20.2 Å². The van der Waals surface area contributed by atoms with Crippen LogP contribution in [0.15, 0.2) is 0 Å². The van der Waals surface area contributed by atoms with Gasteiger partial charge in [0.1, 0.15) is 5.78 Å². The van der Waals surface area contributed by atoms with E-state index < -0.39 is 17.7 Å². The Morgan fingerprint density at radius 1 is 1.11 bits per heavy atom. The molecule has 0 aromatic heterocycles. The van der Waals surface area contributed by atoms with E-state index in [0.717, 1.165) is 58.2 Å². The second-order valence-corrected chi connectivity index (χ2v) is 14.8. The third-order valence-corrected chi connectivity index (χ3v) is 12.1. The monoisotopic (exact) mass is 529 g/mol. The summed E-state index contributed by atoms with van der Waals surface area (Å²) in [5.41, 5.74) is -0.959. The van der Waals surface area contributed by atoms with Crippen LogP contribution in [0.25, 0.3) is 0 Å². The van der Waals surface area contributed by atoms with Crippen molar-refractivity contribution in [2.45, 2.75) is 93.2 Å². The molecule has 214 valence electrons. The lowest BCUT2D eigenvalue weighted by molar-refractivity contribution is -0.159. The van der Waals surface area contributed by atoms with Gasteiger partial charge < -0.3 is 9.64 Å². The number of carbonyl (C=O) groups excluding carboxylic acids is 3. The minimum atomic E-state index is -0.648. The van der Waals surface area contributed by atoms with Crippen molar-refractivity contribution in [2.75, 3.05) is 26.2 Å². The summed E-state index contributed by atoms with van der Waals surface area (Å²) in [7, 11) is 0. The number of rotatable bonds is 4. The third-order valence-electron chi connectivity index (χ3n) is 12.1. The van der Waals surface area contributed by atoms with E-state index in [1.165, 1.54) is 0 Å². The van der Waals surface area contributed by atoms with E-state index in [-0.39, 0.29) is 34.5 Å². The predicted molar refractivity (Wildman–Crippen MR) is 147 cm³/mol. The second kappa shape index (κ2) is 9.87. The number of piperidine rings is 1. The quantitative estimate of drug-likeness (QED) is 0.542. The van der Waals surface area contributed by atoms with Gasteiger partial charge in [0.05, 0.1) is 5.92 Å². The van der Waals surface area contributed by atoms with Gasteiger partial charge in [-0.2, -0.15) is 0 Å². The molecule has 2 aliphatic carbocycles. The lowest BCUT2D eigenvalue weighted by Gasteiger charge is -2.58. The summed E-state index contributed by atoms with van der Waals surface area (Å²) in [6, 6.07) is 0. The van der Waals surface area contributed by atoms with Crippen molar-refractivity contribution in [3.8, 4) is 0 Å². The van der Waals surface area contributed by atoms with Gasteiger partial charge in [-0.1, -0.05) is 48.5 Å². The summed E-state index contributed by atoms with van der Waals surface area (Å²) in [6.07, 6.45) is 4.83. The van der Waals surface area contributed by atoms with Crippen molar-refractivity contribution in [1.82, 2.24) is 15.5 Å². The number of nitrogens with one attached hydrogen (secondary N) is 2. The molecule has 0 spiro atoms. The number of alkyl carbamates (subject to hydrolysis) is 1. The number of amides is 2. The molecule has 3 unspecified atom stereocenters. The Hall–Kier alpha value is -1.47. The van der Waals surface area contributed by atoms with Crippen LogP contribution in [0.4, 0.5) is 4.79 Å². The smallest absolute Gasteiger partial charge is 0.415 e. The van der Waals surface area contributed by atoms with Crippen molar-refractivity contribution in [1.29, 1.82) is 0 Å². The Morgan fingerprint density at radius 2 is 1.82 bits per heavy atom. The van der Waals surface area contributed by atoms with E-state index in [1.54, 1.807) is 0 Å². The lowest BCUT2D eigenvalue weighted by atomic mass is 9.47. The highest BCUT2D eigenvalue weighted by Gasteiger charge is 2.66. The SMILES string of the molecule is CC(C)C[C@]1(C)CN[C@@H](OC(=O)NC(=O)[C@H]2CN3CC[C@@H]2C3)[C@@]2(C)C3[C@H](C)CCC3(CC[C@H]2C)[C@@H](C)C1=O. The fraction of sp³-hybridized carbons (Fsp3) is 0.903. The van der Waals surface area contributed by atoms with Gasteiger partial charge in [-0.25, -0.2) is 4.79 Å². The van der Waals surface area contributed by atoms with Crippen LogP contribution in [0.5, 0.6) is 0 Å². The number of imide groups is 1. The lowest BCUT2D eigenvalue weighted by Crippen LogP contribution is -2.61. The minimum absolute atomic E-state index is 0.0308. The molecule has 38 heavy (non-hydrogen) atoms. The molecule has 0 aromatic rings. The van der Waals surface area contributed by atoms with Crippen LogP contribution in [-0.4, -0.2) is 55.1 Å². The number of fused-ring (bicyclic) bond motifs is 2. The van der Waals surface area contributed by atoms with E-state index in [9.17, 15) is 14.4 Å². The van der Waals surface area contributed by atoms with Crippen LogP contribution in [0, 0.1) is 57.7 Å². The Balaban J connectivity index is 1.46. The summed E-state index contributed by atoms with van der Waals surface area (Å²) in [4.78, 5) is 43.0. The number of ether oxygens (including phenoxy) is 1. The maximum absolute atomic E-state index is 14.3. The molecular formula is C31H51N3O4. The van der Waals surface area contributed by atoms with Crippen molar-refractivity contribution < 1.29 is 19.1 Å². The first-order chi connectivity index (χ1) is 17.8. The molecule has 3 saturated heterocycles. The summed E-state index contributed by atoms with van der Waals surface area (Å²) in [5.74, 6) is 1.72. The molecule has 7 nitrogen and oxygen atoms in total. The highest BCUT2D eigenvalue weighted by Crippen LogP contribution is 2.68. The largest absolute Gasteiger partial charge is 0.430 e. The highest BCUT2D eigenvalue weighted by atomic mass is 16.6. The number of hydrogen-bond donors (Lipinski definition) is 2. The summed E-state index contributed by atoms with van der Waals surface area (Å²) < 4.78 is 6.27. The highest BCUT2D eigenvalue weighted by molar-refractivity contribution is 5.93. The van der Waals surface area contributed by atoms with Gasteiger partial charge in [0.15, 0.2) is 6.23 Å². The predicted octanol–water partition coefficient (Wildman–Crippen LogP) is 4.85. The van der Waals surface area contributed by atoms with E-state index in [4.69, 9.17) is 4.74 Å². The first-order valence-electron chi connectivity index (χ1n) is 15.3. The molecule has 2 N–H and O–H groups in total. The van der Waals surface area contributed by atoms with Gasteiger partial charge in [0, 0.05) is 36.4 Å². The Kier molecular flexibility index (Phi) is 7.29. The van der Waals surface area contributed by atoms with Gasteiger partial charge in [-0.05, 0) is 80.1 Å². The normalized spacial score (nSPS) is 48.3. The molecule has 5 fully saturated rings. The van der Waals surface area contributed by atoms with E-state index in [1.807, 2.05) is 0 Å². The van der Waals surface area contributed by atoms with Crippen molar-refractivity contribution in [3.63, 3.8) is 0 Å². The van der Waals surface area contributed by atoms with Crippen LogP contribution >= 0.6 is 0 Å².